The van der Waals surface area contributed by atoms with Gasteiger partial charge in [0, 0.05) is 6.20 Å². The molecule has 0 fully saturated rings. The number of halogens is 3. The van der Waals surface area contributed by atoms with E-state index in [2.05, 4.69) is 9.72 Å². The zero-order chi connectivity index (χ0) is 13.1. The molecule has 1 rings (SSSR count). The molecule has 17 heavy (non-hydrogen) atoms. The number of esters is 1. The summed E-state index contributed by atoms with van der Waals surface area (Å²) in [6, 6.07) is 1.08. The van der Waals surface area contributed by atoms with Gasteiger partial charge in [0.15, 0.2) is 5.69 Å². The van der Waals surface area contributed by atoms with Gasteiger partial charge < -0.3 is 10.5 Å². The number of carbonyl (C=O) groups is 1. The number of nitrogens with two attached hydrogens (primary N) is 1. The van der Waals surface area contributed by atoms with Crippen LogP contribution in [0.2, 0.25) is 0 Å². The van der Waals surface area contributed by atoms with Crippen LogP contribution < -0.4 is 5.73 Å². The van der Waals surface area contributed by atoms with Crippen molar-refractivity contribution in [2.24, 2.45) is 0 Å². The van der Waals surface area contributed by atoms with Crippen molar-refractivity contribution in [3.8, 4) is 0 Å². The van der Waals surface area contributed by atoms with Crippen LogP contribution in [0.1, 0.15) is 18.2 Å². The summed E-state index contributed by atoms with van der Waals surface area (Å²) in [7, 11) is 0. The van der Waals surface area contributed by atoms with E-state index < -0.39 is 23.5 Å². The molecular weight excluding hydrogens is 237 g/mol. The Morgan fingerprint density at radius 3 is 2.65 bits per heavy atom. The summed E-state index contributed by atoms with van der Waals surface area (Å²) in [6.07, 6.45) is -3.77. The molecular formula is C10H11F3N2O2. The fourth-order valence-electron chi connectivity index (χ4n) is 1.24. The molecule has 7 heteroatoms. The van der Waals surface area contributed by atoms with Crippen LogP contribution in [0.15, 0.2) is 12.3 Å². The van der Waals surface area contributed by atoms with Crippen molar-refractivity contribution in [1.29, 1.82) is 0 Å². The van der Waals surface area contributed by atoms with E-state index in [4.69, 9.17) is 5.73 Å². The SMILES string of the molecule is CCOC(=O)Cc1cnc(C(F)(F)F)c(N)c1. The monoisotopic (exact) mass is 248 g/mol. The van der Waals surface area contributed by atoms with E-state index in [0.717, 1.165) is 12.3 Å². The molecule has 2 N–H and O–H groups in total. The number of hydrogen-bond donors (Lipinski definition) is 1. The van der Waals surface area contributed by atoms with Crippen LogP contribution in [-0.2, 0) is 22.1 Å². The number of nitrogens with zero attached hydrogens (tertiary/aromatic N) is 1. The number of hydrogen-bond acceptors (Lipinski definition) is 4. The summed E-state index contributed by atoms with van der Waals surface area (Å²) in [5, 5.41) is 0. The van der Waals surface area contributed by atoms with Crippen LogP contribution >= 0.6 is 0 Å². The second-order valence-electron chi connectivity index (χ2n) is 3.26. The number of alkyl halides is 3. The molecule has 0 aliphatic rings. The Hall–Kier alpha value is -1.79. The molecule has 0 atom stereocenters. The van der Waals surface area contributed by atoms with Gasteiger partial charge in [0.05, 0.1) is 18.7 Å². The van der Waals surface area contributed by atoms with Gasteiger partial charge in [0.1, 0.15) is 0 Å². The molecule has 0 saturated carbocycles. The molecule has 0 bridgehead atoms. The maximum Gasteiger partial charge on any atom is 0.435 e. The Morgan fingerprint density at radius 2 is 2.18 bits per heavy atom. The van der Waals surface area contributed by atoms with E-state index in [-0.39, 0.29) is 18.6 Å². The first-order chi connectivity index (χ1) is 7.84. The van der Waals surface area contributed by atoms with E-state index in [9.17, 15) is 18.0 Å². The second kappa shape index (κ2) is 5.03. The number of rotatable bonds is 3. The van der Waals surface area contributed by atoms with Gasteiger partial charge in [0.2, 0.25) is 0 Å². The Kier molecular flexibility index (Phi) is 3.93. The van der Waals surface area contributed by atoms with Gasteiger partial charge in [-0.2, -0.15) is 13.2 Å². The minimum Gasteiger partial charge on any atom is -0.466 e. The van der Waals surface area contributed by atoms with Gasteiger partial charge in [-0.25, -0.2) is 4.98 Å². The maximum atomic E-state index is 12.3. The summed E-state index contributed by atoms with van der Waals surface area (Å²) in [5.41, 5.74) is 3.86. The van der Waals surface area contributed by atoms with Gasteiger partial charge in [-0.15, -0.1) is 0 Å². The highest BCUT2D eigenvalue weighted by Gasteiger charge is 2.34. The summed E-state index contributed by atoms with van der Waals surface area (Å²) in [4.78, 5) is 14.3. The van der Waals surface area contributed by atoms with Crippen molar-refractivity contribution in [3.63, 3.8) is 0 Å². The maximum absolute atomic E-state index is 12.3. The fraction of sp³-hybridized carbons (Fsp3) is 0.400. The predicted octanol–water partition coefficient (Wildman–Crippen LogP) is 1.79. The highest BCUT2D eigenvalue weighted by Crippen LogP contribution is 2.31. The van der Waals surface area contributed by atoms with E-state index >= 15 is 0 Å². The number of nitrogen functional groups attached to an aromatic ring is 1. The number of anilines is 1. The normalized spacial score (nSPS) is 11.3. The fourth-order valence-corrected chi connectivity index (χ4v) is 1.24. The van der Waals surface area contributed by atoms with E-state index in [1.54, 1.807) is 6.92 Å². The lowest BCUT2D eigenvalue weighted by Gasteiger charge is -2.09. The van der Waals surface area contributed by atoms with E-state index in [1.807, 2.05) is 0 Å². The average Bonchev–Trinajstić information content (AvgIpc) is 2.15. The summed E-state index contributed by atoms with van der Waals surface area (Å²) < 4.78 is 41.6. The highest BCUT2D eigenvalue weighted by atomic mass is 19.4. The average molecular weight is 248 g/mol. The smallest absolute Gasteiger partial charge is 0.435 e. The van der Waals surface area contributed by atoms with Crippen LogP contribution in [-0.4, -0.2) is 17.6 Å². The Bertz CT molecular complexity index is 419. The number of aromatic nitrogens is 1. The molecule has 1 heterocycles. The van der Waals surface area contributed by atoms with Crippen LogP contribution in [0, 0.1) is 0 Å². The lowest BCUT2D eigenvalue weighted by molar-refractivity contribution is -0.142. The standard InChI is InChI=1S/C10H11F3N2O2/c1-2-17-8(16)4-6-3-7(14)9(15-5-6)10(11,12)13/h3,5H,2,4,14H2,1H3. The third-order valence-electron chi connectivity index (χ3n) is 1.90. The molecule has 0 radical (unpaired) electrons. The van der Waals surface area contributed by atoms with Crippen LogP contribution in [0.5, 0.6) is 0 Å². The number of pyridine rings is 1. The largest absolute Gasteiger partial charge is 0.466 e. The Labute approximate surface area is 95.6 Å². The molecule has 0 unspecified atom stereocenters. The third kappa shape index (κ3) is 3.61. The molecule has 1 aromatic heterocycles. The van der Waals surface area contributed by atoms with Crippen LogP contribution in [0.3, 0.4) is 0 Å². The number of ether oxygens (including phenoxy) is 1. The molecule has 0 aromatic carbocycles. The predicted molar refractivity (Wildman–Crippen MR) is 54.0 cm³/mol. The first kappa shape index (κ1) is 13.3. The molecule has 0 aliphatic carbocycles. The topological polar surface area (TPSA) is 65.2 Å². The lowest BCUT2D eigenvalue weighted by atomic mass is 10.1. The molecule has 0 spiro atoms. The molecule has 0 amide bonds. The van der Waals surface area contributed by atoms with Crippen LogP contribution in [0.4, 0.5) is 18.9 Å². The van der Waals surface area contributed by atoms with Crippen molar-refractivity contribution in [2.45, 2.75) is 19.5 Å². The Morgan fingerprint density at radius 1 is 1.53 bits per heavy atom. The summed E-state index contributed by atoms with van der Waals surface area (Å²) in [6.45, 7) is 1.85. The van der Waals surface area contributed by atoms with Gasteiger partial charge in [-0.05, 0) is 18.6 Å². The molecule has 0 aliphatic heterocycles. The van der Waals surface area contributed by atoms with Crippen molar-refractivity contribution >= 4 is 11.7 Å². The number of carbonyl (C=O) groups excluding carboxylic acids is 1. The molecule has 4 nitrogen and oxygen atoms in total. The Balaban J connectivity index is 2.86. The highest BCUT2D eigenvalue weighted by molar-refractivity contribution is 5.72. The van der Waals surface area contributed by atoms with Gasteiger partial charge in [0.25, 0.3) is 0 Å². The van der Waals surface area contributed by atoms with E-state index in [0.29, 0.717) is 0 Å². The summed E-state index contributed by atoms with van der Waals surface area (Å²) in [5.74, 6) is -0.534. The van der Waals surface area contributed by atoms with Crippen molar-refractivity contribution in [1.82, 2.24) is 4.98 Å². The minimum absolute atomic E-state index is 0.150. The first-order valence-electron chi connectivity index (χ1n) is 4.81. The van der Waals surface area contributed by atoms with E-state index in [1.165, 1.54) is 0 Å². The third-order valence-corrected chi connectivity index (χ3v) is 1.90. The zero-order valence-electron chi connectivity index (χ0n) is 9.04. The van der Waals surface area contributed by atoms with Crippen molar-refractivity contribution < 1.29 is 22.7 Å². The van der Waals surface area contributed by atoms with Gasteiger partial charge in [-0.1, -0.05) is 0 Å². The molecule has 94 valence electrons. The first-order valence-corrected chi connectivity index (χ1v) is 4.81. The molecule has 0 saturated heterocycles. The molecule has 1 aromatic rings. The second-order valence-corrected chi connectivity index (χ2v) is 3.26. The van der Waals surface area contributed by atoms with Crippen molar-refractivity contribution in [3.05, 3.63) is 23.5 Å². The minimum atomic E-state index is -4.59. The van der Waals surface area contributed by atoms with Crippen molar-refractivity contribution in [2.75, 3.05) is 12.3 Å². The summed E-state index contributed by atoms with van der Waals surface area (Å²) >= 11 is 0. The van der Waals surface area contributed by atoms with Crippen LogP contribution in [0.25, 0.3) is 0 Å². The zero-order valence-corrected chi connectivity index (χ0v) is 9.04. The lowest BCUT2D eigenvalue weighted by Crippen LogP contribution is -2.13. The quantitative estimate of drug-likeness (QED) is 0.828. The van der Waals surface area contributed by atoms with Gasteiger partial charge >= 0.3 is 12.1 Å². The van der Waals surface area contributed by atoms with Gasteiger partial charge in [-0.3, -0.25) is 4.79 Å².